The van der Waals surface area contributed by atoms with E-state index in [1.807, 2.05) is 0 Å². The Morgan fingerprint density at radius 1 is 0.750 bits per heavy atom. The van der Waals surface area contributed by atoms with E-state index in [0.717, 1.165) is 0 Å². The third-order valence-electron chi connectivity index (χ3n) is 0. The largest absolute Gasteiger partial charge is 1.00 e. The Bertz CT molecular complexity index is 214. The van der Waals surface area contributed by atoms with Crippen LogP contribution >= 0.6 is 0 Å². The fraction of sp³-hybridized carbons (Fsp3) is 0. The molecule has 0 spiro atoms. The Labute approximate surface area is 81.9 Å². The average molecular weight is 222 g/mol. The van der Waals surface area contributed by atoms with E-state index >= 15 is 0 Å². The van der Waals surface area contributed by atoms with Crippen molar-refractivity contribution in [3.8, 4) is 0 Å². The first-order valence-corrected chi connectivity index (χ1v) is 4.19. The number of hydrogen-bond acceptors (Lipinski definition) is 4. The maximum atomic E-state index is 8.74. The Kier molecular flexibility index (Phi) is 15.0. The van der Waals surface area contributed by atoms with Crippen LogP contribution in [0.4, 0.5) is 0 Å². The molecule has 6 N–H and O–H groups in total. The van der Waals surface area contributed by atoms with E-state index in [-0.39, 0.29) is 25.8 Å². The molecule has 0 aromatic rings. The summed E-state index contributed by atoms with van der Waals surface area (Å²) in [7, 11) is -9.33. The second kappa shape index (κ2) is 7.92. The van der Waals surface area contributed by atoms with Gasteiger partial charge in [-0.05, 0) is 0 Å². The number of rotatable bonds is 0. The molecular formula is H7LiO9S2. The van der Waals surface area contributed by atoms with Crippen LogP contribution in [0.3, 0.4) is 0 Å². The Morgan fingerprint density at radius 2 is 0.750 bits per heavy atom. The van der Waals surface area contributed by atoms with Gasteiger partial charge in [-0.3, -0.25) is 18.2 Å². The van der Waals surface area contributed by atoms with Gasteiger partial charge in [0.15, 0.2) is 0 Å². The van der Waals surface area contributed by atoms with Crippen molar-refractivity contribution >= 4 is 20.8 Å². The molecule has 0 aliphatic rings. The van der Waals surface area contributed by atoms with Gasteiger partial charge in [0.05, 0.1) is 0 Å². The number of hydrogen-bond donors (Lipinski definition) is 4. The van der Waals surface area contributed by atoms with Crippen molar-refractivity contribution in [1.29, 1.82) is 0 Å². The van der Waals surface area contributed by atoms with Gasteiger partial charge in [0.2, 0.25) is 0 Å². The van der Waals surface area contributed by atoms with E-state index in [4.69, 9.17) is 35.0 Å². The first kappa shape index (κ1) is 22.8. The zero-order valence-corrected chi connectivity index (χ0v) is 7.37. The molecule has 12 heavy (non-hydrogen) atoms. The molecule has 0 aliphatic carbocycles. The van der Waals surface area contributed by atoms with Gasteiger partial charge in [0, 0.05) is 0 Å². The summed E-state index contributed by atoms with van der Waals surface area (Å²) in [5.74, 6) is 0. The fourth-order valence-corrected chi connectivity index (χ4v) is 0. The van der Waals surface area contributed by atoms with Gasteiger partial charge < -0.3 is 6.90 Å². The van der Waals surface area contributed by atoms with Crippen molar-refractivity contribution in [3.63, 3.8) is 0 Å². The summed E-state index contributed by atoms with van der Waals surface area (Å²) in [5, 5.41) is 0. The Balaban J connectivity index is -0.0000000267. The molecule has 0 aliphatic heterocycles. The molecule has 74 valence electrons. The molecule has 0 rings (SSSR count). The molecule has 0 heterocycles. The minimum absolute atomic E-state index is 0. The van der Waals surface area contributed by atoms with E-state index in [1.165, 1.54) is 0 Å². The minimum atomic E-state index is -4.67. The summed E-state index contributed by atoms with van der Waals surface area (Å²) in [6.07, 6.45) is 0. The van der Waals surface area contributed by atoms with Crippen molar-refractivity contribution in [2.45, 2.75) is 0 Å². The molecule has 0 unspecified atom stereocenters. The summed E-state index contributed by atoms with van der Waals surface area (Å²) < 4.78 is 63.2. The Hall–Kier alpha value is 0.297. The molecule has 0 amide bonds. The molecule has 0 bridgehead atoms. The normalized spacial score (nSPS) is 9.67. The molecule has 0 saturated carbocycles. The van der Waals surface area contributed by atoms with E-state index in [1.54, 1.807) is 0 Å². The van der Waals surface area contributed by atoms with Gasteiger partial charge >= 0.3 is 39.7 Å². The standard InChI is InChI=1S/Li.2H2O4S.H2O.H/c;2*1-5(2,3)4;;/h;2*(H2,1,2,3,4);1H2;/q+1;;;;-1. The van der Waals surface area contributed by atoms with Crippen LogP contribution in [0, 0.1) is 0 Å². The summed E-state index contributed by atoms with van der Waals surface area (Å²) >= 11 is 0. The first-order chi connectivity index (χ1) is 4.00. The predicted molar refractivity (Wildman–Crippen MR) is 33.1 cm³/mol. The minimum Gasteiger partial charge on any atom is -1.00 e. The zero-order chi connectivity index (χ0) is 9.00. The average Bonchev–Trinajstić information content (AvgIpc) is 1.12. The van der Waals surface area contributed by atoms with E-state index in [2.05, 4.69) is 0 Å². The second-order valence-electron chi connectivity index (χ2n) is 0.896. The van der Waals surface area contributed by atoms with Crippen LogP contribution < -0.4 is 18.9 Å². The van der Waals surface area contributed by atoms with Gasteiger partial charge in [-0.15, -0.1) is 0 Å². The van der Waals surface area contributed by atoms with Crippen LogP contribution in [-0.4, -0.2) is 40.5 Å². The molecule has 0 atom stereocenters. The molecule has 0 radical (unpaired) electrons. The van der Waals surface area contributed by atoms with Gasteiger partial charge in [-0.25, -0.2) is 0 Å². The summed E-state index contributed by atoms with van der Waals surface area (Å²) in [4.78, 5) is 0. The topological polar surface area (TPSA) is 181 Å². The van der Waals surface area contributed by atoms with Crippen LogP contribution in [0.15, 0.2) is 0 Å². The van der Waals surface area contributed by atoms with Crippen molar-refractivity contribution in [2.24, 2.45) is 0 Å². The van der Waals surface area contributed by atoms with Crippen molar-refractivity contribution < 1.29 is 60.8 Å². The van der Waals surface area contributed by atoms with E-state index in [0.29, 0.717) is 0 Å². The van der Waals surface area contributed by atoms with Crippen LogP contribution in [-0.2, 0) is 20.8 Å². The van der Waals surface area contributed by atoms with Gasteiger partial charge in [-0.1, -0.05) is 0 Å². The molecule has 0 saturated heterocycles. The van der Waals surface area contributed by atoms with Gasteiger partial charge in [-0.2, -0.15) is 16.8 Å². The second-order valence-corrected chi connectivity index (χ2v) is 2.69. The molecule has 0 aromatic heterocycles. The van der Waals surface area contributed by atoms with Crippen LogP contribution in [0.2, 0.25) is 0 Å². The van der Waals surface area contributed by atoms with Crippen LogP contribution in [0.1, 0.15) is 1.43 Å². The van der Waals surface area contributed by atoms with Crippen molar-refractivity contribution in [3.05, 3.63) is 0 Å². The van der Waals surface area contributed by atoms with Crippen LogP contribution in [0.25, 0.3) is 0 Å². The third kappa shape index (κ3) is 10100. The molecule has 12 heteroatoms. The third-order valence-corrected chi connectivity index (χ3v) is 0. The first-order valence-electron chi connectivity index (χ1n) is 1.40. The molecule has 9 nitrogen and oxygen atoms in total. The molecular weight excluding hydrogens is 215 g/mol. The van der Waals surface area contributed by atoms with E-state index in [9.17, 15) is 0 Å². The van der Waals surface area contributed by atoms with Crippen LogP contribution in [0.5, 0.6) is 0 Å². The summed E-state index contributed by atoms with van der Waals surface area (Å²) in [6.45, 7) is 0. The molecule has 0 aromatic carbocycles. The van der Waals surface area contributed by atoms with Crippen molar-refractivity contribution in [2.75, 3.05) is 0 Å². The monoisotopic (exact) mass is 222 g/mol. The molecule has 0 fully saturated rings. The van der Waals surface area contributed by atoms with Gasteiger partial charge in [0.25, 0.3) is 0 Å². The summed E-state index contributed by atoms with van der Waals surface area (Å²) in [5.41, 5.74) is 0. The maximum absolute atomic E-state index is 8.74. The quantitative estimate of drug-likeness (QED) is 0.232. The van der Waals surface area contributed by atoms with E-state index < -0.39 is 20.8 Å². The zero-order valence-electron chi connectivity index (χ0n) is 6.74. The smallest absolute Gasteiger partial charge is 1.00 e. The summed E-state index contributed by atoms with van der Waals surface area (Å²) in [6, 6.07) is 0. The predicted octanol–water partition coefficient (Wildman–Crippen LogP) is -5.01. The fourth-order valence-electron chi connectivity index (χ4n) is 0. The van der Waals surface area contributed by atoms with Crippen molar-refractivity contribution in [1.82, 2.24) is 0 Å². The van der Waals surface area contributed by atoms with Gasteiger partial charge in [0.1, 0.15) is 0 Å². The maximum Gasteiger partial charge on any atom is 1.00 e. The Morgan fingerprint density at radius 3 is 0.750 bits per heavy atom. The SMILES string of the molecule is O.O=S(=O)(O)O.O=S(=O)(O)O.[H-].[Li+].